The van der Waals surface area contributed by atoms with Crippen LogP contribution in [0.4, 0.5) is 0 Å². The summed E-state index contributed by atoms with van der Waals surface area (Å²) in [7, 11) is 3.15. The topological polar surface area (TPSA) is 66.4 Å². The maximum absolute atomic E-state index is 12.2. The number of carbonyl (C=O) groups excluding carboxylic acids is 1. The van der Waals surface area contributed by atoms with Crippen molar-refractivity contribution in [3.05, 3.63) is 21.4 Å². The second-order valence-electron chi connectivity index (χ2n) is 4.82. The molecule has 0 fully saturated rings. The van der Waals surface area contributed by atoms with Gasteiger partial charge in [0.25, 0.3) is 5.91 Å². The van der Waals surface area contributed by atoms with Crippen LogP contribution in [0.1, 0.15) is 40.1 Å². The van der Waals surface area contributed by atoms with Gasteiger partial charge in [-0.3, -0.25) is 9.59 Å². The Hall–Kier alpha value is -0.660. The van der Waals surface area contributed by atoms with Gasteiger partial charge in [-0.1, -0.05) is 21.6 Å². The van der Waals surface area contributed by atoms with Gasteiger partial charge < -0.3 is 10.4 Å². The molecule has 116 valence electrons. The van der Waals surface area contributed by atoms with Crippen molar-refractivity contribution in [3.8, 4) is 0 Å². The van der Waals surface area contributed by atoms with E-state index in [0.29, 0.717) is 12.3 Å². The van der Waals surface area contributed by atoms with Crippen molar-refractivity contribution in [1.29, 1.82) is 0 Å². The molecule has 7 heteroatoms. The molecule has 0 unspecified atom stereocenters. The number of aryl methyl sites for hydroxylation is 1. The van der Waals surface area contributed by atoms with Crippen molar-refractivity contribution in [2.75, 3.05) is 18.1 Å². The van der Waals surface area contributed by atoms with Crippen LogP contribution < -0.4 is 5.32 Å². The van der Waals surface area contributed by atoms with E-state index >= 15 is 0 Å². The second kappa shape index (κ2) is 8.70. The molecule has 0 bridgehead atoms. The summed E-state index contributed by atoms with van der Waals surface area (Å²) >= 11 is 1.56. The van der Waals surface area contributed by atoms with Crippen LogP contribution in [0.15, 0.2) is 5.38 Å². The zero-order valence-corrected chi connectivity index (χ0v) is 14.2. The standard InChI is InChI=1S/C14H19NO3S3/c16-12(17)5-7-20-21-8-6-15-14(18)13-11-4-2-1-3-10(11)9-19-13/h9H,1-8H2,(H,15,18)(H,16,17). The number of hydrogen-bond donors (Lipinski definition) is 2. The third-order valence-electron chi connectivity index (χ3n) is 3.26. The number of carboxylic acids is 1. The van der Waals surface area contributed by atoms with Gasteiger partial charge in [0.05, 0.1) is 11.3 Å². The summed E-state index contributed by atoms with van der Waals surface area (Å²) in [5.74, 6) is 0.675. The van der Waals surface area contributed by atoms with E-state index in [9.17, 15) is 9.59 Å². The molecule has 1 heterocycles. The fourth-order valence-electron chi connectivity index (χ4n) is 2.24. The lowest BCUT2D eigenvalue weighted by atomic mass is 9.94. The van der Waals surface area contributed by atoms with E-state index in [1.54, 1.807) is 32.9 Å². The van der Waals surface area contributed by atoms with Crippen LogP contribution >= 0.6 is 32.9 Å². The van der Waals surface area contributed by atoms with Gasteiger partial charge in [-0.15, -0.1) is 11.3 Å². The summed E-state index contributed by atoms with van der Waals surface area (Å²) < 4.78 is 0. The average Bonchev–Trinajstić information content (AvgIpc) is 2.89. The Kier molecular flexibility index (Phi) is 6.92. The fourth-order valence-corrected chi connectivity index (χ4v) is 5.20. The number of amides is 1. The predicted molar refractivity (Wildman–Crippen MR) is 90.5 cm³/mol. The molecular weight excluding hydrogens is 326 g/mol. The molecule has 2 rings (SSSR count). The number of aliphatic carboxylic acids is 1. The number of hydrogen-bond acceptors (Lipinski definition) is 5. The van der Waals surface area contributed by atoms with Gasteiger partial charge >= 0.3 is 5.97 Å². The zero-order chi connectivity index (χ0) is 15.1. The third-order valence-corrected chi connectivity index (χ3v) is 6.74. The largest absolute Gasteiger partial charge is 0.481 e. The third kappa shape index (κ3) is 5.23. The molecule has 1 aromatic rings. The maximum atomic E-state index is 12.2. The zero-order valence-electron chi connectivity index (χ0n) is 11.7. The van der Waals surface area contributed by atoms with Crippen molar-refractivity contribution in [1.82, 2.24) is 5.32 Å². The first-order valence-electron chi connectivity index (χ1n) is 7.02. The van der Waals surface area contributed by atoms with Crippen molar-refractivity contribution in [2.24, 2.45) is 0 Å². The summed E-state index contributed by atoms with van der Waals surface area (Å²) in [6.45, 7) is 0.621. The molecule has 0 atom stereocenters. The summed E-state index contributed by atoms with van der Waals surface area (Å²) in [6, 6.07) is 0. The van der Waals surface area contributed by atoms with Gasteiger partial charge in [0.15, 0.2) is 0 Å². The SMILES string of the molecule is O=C(O)CCSSCCNC(=O)c1scc2c1CCCC2. The normalized spacial score (nSPS) is 13.7. The van der Waals surface area contributed by atoms with E-state index in [-0.39, 0.29) is 12.3 Å². The van der Waals surface area contributed by atoms with Crippen LogP contribution in [-0.2, 0) is 17.6 Å². The monoisotopic (exact) mass is 345 g/mol. The molecule has 2 N–H and O–H groups in total. The van der Waals surface area contributed by atoms with Crippen molar-refractivity contribution in [2.45, 2.75) is 32.1 Å². The molecule has 4 nitrogen and oxygen atoms in total. The summed E-state index contributed by atoms with van der Waals surface area (Å²) in [4.78, 5) is 23.4. The number of nitrogens with one attached hydrogen (secondary N) is 1. The van der Waals surface area contributed by atoms with E-state index < -0.39 is 5.97 Å². The summed E-state index contributed by atoms with van der Waals surface area (Å²) in [6.07, 6.45) is 4.73. The smallest absolute Gasteiger partial charge is 0.304 e. The molecule has 21 heavy (non-hydrogen) atoms. The quantitative estimate of drug-likeness (QED) is 0.559. The van der Waals surface area contributed by atoms with Crippen molar-refractivity contribution < 1.29 is 14.7 Å². The number of carbonyl (C=O) groups is 2. The molecule has 0 aromatic carbocycles. The van der Waals surface area contributed by atoms with E-state index in [2.05, 4.69) is 10.7 Å². The molecular formula is C14H19NO3S3. The van der Waals surface area contributed by atoms with E-state index in [4.69, 9.17) is 5.11 Å². The first-order chi connectivity index (χ1) is 10.2. The number of thiophene rings is 1. The van der Waals surface area contributed by atoms with Crippen LogP contribution in [0.3, 0.4) is 0 Å². The number of rotatable bonds is 8. The number of fused-ring (bicyclic) bond motifs is 1. The fraction of sp³-hybridized carbons (Fsp3) is 0.571. The summed E-state index contributed by atoms with van der Waals surface area (Å²) in [5, 5.41) is 13.6. The van der Waals surface area contributed by atoms with Crippen LogP contribution in [0.5, 0.6) is 0 Å². The highest BCUT2D eigenvalue weighted by molar-refractivity contribution is 8.76. The van der Waals surface area contributed by atoms with Gasteiger partial charge in [-0.2, -0.15) is 0 Å². The van der Waals surface area contributed by atoms with Crippen molar-refractivity contribution >= 4 is 44.8 Å². The van der Waals surface area contributed by atoms with Gasteiger partial charge in [-0.05, 0) is 42.2 Å². The lowest BCUT2D eigenvalue weighted by molar-refractivity contribution is -0.136. The Bertz CT molecular complexity index is 502. The Morgan fingerprint density at radius 1 is 1.24 bits per heavy atom. The van der Waals surface area contributed by atoms with Crippen LogP contribution in [0.25, 0.3) is 0 Å². The highest BCUT2D eigenvalue weighted by Crippen LogP contribution is 2.29. The first kappa shape index (κ1) is 16.7. The van der Waals surface area contributed by atoms with Gasteiger partial charge in [0, 0.05) is 18.1 Å². The summed E-state index contributed by atoms with van der Waals surface area (Å²) in [5.41, 5.74) is 2.61. The predicted octanol–water partition coefficient (Wildman–Crippen LogP) is 3.21. The molecule has 0 saturated heterocycles. The molecule has 1 aliphatic carbocycles. The van der Waals surface area contributed by atoms with Crippen LogP contribution in [0.2, 0.25) is 0 Å². The molecule has 1 amide bonds. The van der Waals surface area contributed by atoms with E-state index in [1.807, 2.05) is 0 Å². The molecule has 0 saturated carbocycles. The highest BCUT2D eigenvalue weighted by Gasteiger charge is 2.19. The minimum atomic E-state index is -0.765. The van der Waals surface area contributed by atoms with Crippen molar-refractivity contribution in [3.63, 3.8) is 0 Å². The minimum absolute atomic E-state index is 0.0410. The number of carboxylic acid groups (broad SMARTS) is 1. The molecule has 1 aromatic heterocycles. The minimum Gasteiger partial charge on any atom is -0.481 e. The van der Waals surface area contributed by atoms with Gasteiger partial charge in [0.2, 0.25) is 0 Å². The molecule has 0 spiro atoms. The Balaban J connectivity index is 1.66. The van der Waals surface area contributed by atoms with Gasteiger partial charge in [-0.25, -0.2) is 0 Å². The van der Waals surface area contributed by atoms with E-state index in [1.165, 1.54) is 24.0 Å². The van der Waals surface area contributed by atoms with Gasteiger partial charge in [0.1, 0.15) is 0 Å². The van der Waals surface area contributed by atoms with Crippen LogP contribution in [0, 0.1) is 0 Å². The second-order valence-corrected chi connectivity index (χ2v) is 8.40. The Labute approximate surface area is 136 Å². The Morgan fingerprint density at radius 3 is 2.81 bits per heavy atom. The van der Waals surface area contributed by atoms with Crippen LogP contribution in [-0.4, -0.2) is 35.0 Å². The van der Waals surface area contributed by atoms with E-state index in [0.717, 1.165) is 23.5 Å². The lowest BCUT2D eigenvalue weighted by Gasteiger charge is -2.12. The average molecular weight is 346 g/mol. The highest BCUT2D eigenvalue weighted by atomic mass is 33.1. The molecule has 0 radical (unpaired) electrons. The Morgan fingerprint density at radius 2 is 2.00 bits per heavy atom. The molecule has 0 aliphatic heterocycles. The maximum Gasteiger partial charge on any atom is 0.304 e. The molecule has 1 aliphatic rings. The first-order valence-corrected chi connectivity index (χ1v) is 10.4. The lowest BCUT2D eigenvalue weighted by Crippen LogP contribution is -2.26.